The molecule has 0 bridgehead atoms. The van der Waals surface area contributed by atoms with E-state index in [0.717, 1.165) is 6.42 Å². The number of likely N-dealkylation sites (N-methyl/N-ethyl adjacent to an activating group) is 1. The van der Waals surface area contributed by atoms with E-state index >= 15 is 0 Å². The van der Waals surface area contributed by atoms with Crippen molar-refractivity contribution < 1.29 is 4.79 Å². The molecule has 2 N–H and O–H groups in total. The van der Waals surface area contributed by atoms with Gasteiger partial charge >= 0.3 is 0 Å². The number of carbonyl (C=O) groups excluding carboxylic acids is 1. The Balaban J connectivity index is 4.22. The molecule has 0 fully saturated rings. The van der Waals surface area contributed by atoms with E-state index in [0.29, 0.717) is 18.1 Å². The monoisotopic (exact) mass is 202 g/mol. The number of thiocarbonyl (C=S) groups is 1. The molecule has 0 saturated heterocycles. The van der Waals surface area contributed by atoms with Gasteiger partial charge in [0.15, 0.2) is 0 Å². The van der Waals surface area contributed by atoms with E-state index < -0.39 is 0 Å². The first kappa shape index (κ1) is 12.4. The van der Waals surface area contributed by atoms with Crippen molar-refractivity contribution in [1.29, 1.82) is 0 Å². The van der Waals surface area contributed by atoms with E-state index in [1.54, 1.807) is 4.90 Å². The van der Waals surface area contributed by atoms with E-state index in [9.17, 15) is 4.79 Å². The lowest BCUT2D eigenvalue weighted by Gasteiger charge is -2.23. The zero-order valence-corrected chi connectivity index (χ0v) is 9.36. The van der Waals surface area contributed by atoms with Crippen LogP contribution in [0.25, 0.3) is 0 Å². The van der Waals surface area contributed by atoms with Crippen LogP contribution in [0.15, 0.2) is 0 Å². The molecule has 4 heteroatoms. The van der Waals surface area contributed by atoms with Crippen LogP contribution in [0, 0.1) is 5.92 Å². The predicted molar refractivity (Wildman–Crippen MR) is 58.5 cm³/mol. The summed E-state index contributed by atoms with van der Waals surface area (Å²) in [7, 11) is 0. The second kappa shape index (κ2) is 5.91. The molecule has 0 radical (unpaired) electrons. The number of nitrogens with zero attached hydrogens (tertiary/aromatic N) is 1. The first-order chi connectivity index (χ1) is 6.02. The van der Waals surface area contributed by atoms with E-state index in [1.165, 1.54) is 0 Å². The van der Waals surface area contributed by atoms with Gasteiger partial charge in [0.25, 0.3) is 0 Å². The van der Waals surface area contributed by atoms with Crippen LogP contribution >= 0.6 is 12.2 Å². The minimum absolute atomic E-state index is 0.0642. The molecule has 0 aliphatic rings. The minimum Gasteiger partial charge on any atom is -0.392 e. The van der Waals surface area contributed by atoms with Gasteiger partial charge in [0.05, 0.1) is 11.5 Å². The fourth-order valence-electron chi connectivity index (χ4n) is 1.02. The average molecular weight is 202 g/mol. The summed E-state index contributed by atoms with van der Waals surface area (Å²) in [4.78, 5) is 13.7. The zero-order chi connectivity index (χ0) is 10.4. The number of nitrogens with two attached hydrogens (primary N) is 1. The first-order valence-corrected chi connectivity index (χ1v) is 5.00. The molecule has 0 rings (SSSR count). The molecule has 0 aliphatic heterocycles. The molecule has 0 aromatic carbocycles. The van der Waals surface area contributed by atoms with Crippen LogP contribution in [-0.4, -0.2) is 28.9 Å². The SMILES string of the molecule is CCC(C)C(=O)N(CC)CC(N)=S. The van der Waals surface area contributed by atoms with Crippen LogP contribution in [0.1, 0.15) is 27.2 Å². The lowest BCUT2D eigenvalue weighted by molar-refractivity contribution is -0.134. The molecule has 13 heavy (non-hydrogen) atoms. The lowest BCUT2D eigenvalue weighted by Crippen LogP contribution is -2.40. The van der Waals surface area contributed by atoms with Crippen molar-refractivity contribution in [1.82, 2.24) is 4.90 Å². The van der Waals surface area contributed by atoms with Crippen molar-refractivity contribution >= 4 is 23.1 Å². The summed E-state index contributed by atoms with van der Waals surface area (Å²) in [5.74, 6) is 0.201. The predicted octanol–water partition coefficient (Wildman–Crippen LogP) is 1.17. The lowest BCUT2D eigenvalue weighted by atomic mass is 10.1. The minimum atomic E-state index is 0.0642. The van der Waals surface area contributed by atoms with Crippen LogP contribution in [-0.2, 0) is 4.79 Å². The van der Waals surface area contributed by atoms with Gasteiger partial charge in [-0.05, 0) is 13.3 Å². The molecule has 0 spiro atoms. The summed E-state index contributed by atoms with van der Waals surface area (Å²) in [6.07, 6.45) is 0.854. The summed E-state index contributed by atoms with van der Waals surface area (Å²) in [6.45, 7) is 6.91. The number of rotatable bonds is 5. The highest BCUT2D eigenvalue weighted by Gasteiger charge is 2.17. The number of carbonyl (C=O) groups is 1. The molecule has 0 heterocycles. The van der Waals surface area contributed by atoms with Crippen LogP contribution in [0.2, 0.25) is 0 Å². The fraction of sp³-hybridized carbons (Fsp3) is 0.778. The smallest absolute Gasteiger partial charge is 0.225 e. The molecule has 76 valence electrons. The van der Waals surface area contributed by atoms with E-state index in [2.05, 4.69) is 0 Å². The molecule has 1 amide bonds. The third-order valence-corrected chi connectivity index (χ3v) is 2.20. The van der Waals surface area contributed by atoms with E-state index in [-0.39, 0.29) is 11.8 Å². The van der Waals surface area contributed by atoms with Crippen molar-refractivity contribution in [2.24, 2.45) is 11.7 Å². The van der Waals surface area contributed by atoms with E-state index in [4.69, 9.17) is 18.0 Å². The molecular formula is C9H18N2OS. The van der Waals surface area contributed by atoms with Crippen LogP contribution in [0.3, 0.4) is 0 Å². The van der Waals surface area contributed by atoms with Gasteiger partial charge in [0.2, 0.25) is 5.91 Å². The Hall–Kier alpha value is -0.640. The molecular weight excluding hydrogens is 184 g/mol. The Morgan fingerprint density at radius 3 is 2.38 bits per heavy atom. The molecule has 0 aromatic heterocycles. The maximum atomic E-state index is 11.7. The largest absolute Gasteiger partial charge is 0.392 e. The van der Waals surface area contributed by atoms with Crippen LogP contribution in [0.5, 0.6) is 0 Å². The Morgan fingerprint density at radius 2 is 2.08 bits per heavy atom. The number of hydrogen-bond acceptors (Lipinski definition) is 2. The summed E-state index contributed by atoms with van der Waals surface area (Å²) >= 11 is 4.76. The summed E-state index contributed by atoms with van der Waals surface area (Å²) < 4.78 is 0. The van der Waals surface area contributed by atoms with Gasteiger partial charge in [-0.15, -0.1) is 0 Å². The third-order valence-electron chi connectivity index (χ3n) is 2.07. The number of amides is 1. The van der Waals surface area contributed by atoms with Gasteiger partial charge in [-0.25, -0.2) is 0 Å². The summed E-state index contributed by atoms with van der Waals surface area (Å²) in [5, 5.41) is 0. The molecule has 0 aliphatic carbocycles. The highest BCUT2D eigenvalue weighted by molar-refractivity contribution is 7.80. The summed E-state index contributed by atoms with van der Waals surface area (Å²) in [5.41, 5.74) is 5.39. The quantitative estimate of drug-likeness (QED) is 0.681. The Kier molecular flexibility index (Phi) is 5.62. The molecule has 0 aromatic rings. The molecule has 1 unspecified atom stereocenters. The zero-order valence-electron chi connectivity index (χ0n) is 8.54. The third kappa shape index (κ3) is 4.22. The molecule has 1 atom stereocenters. The highest BCUT2D eigenvalue weighted by atomic mass is 32.1. The first-order valence-electron chi connectivity index (χ1n) is 4.60. The van der Waals surface area contributed by atoms with Crippen molar-refractivity contribution in [3.05, 3.63) is 0 Å². The van der Waals surface area contributed by atoms with Crippen molar-refractivity contribution in [2.45, 2.75) is 27.2 Å². The average Bonchev–Trinajstić information content (AvgIpc) is 2.11. The molecule has 0 saturated carbocycles. The highest BCUT2D eigenvalue weighted by Crippen LogP contribution is 2.06. The van der Waals surface area contributed by atoms with Crippen molar-refractivity contribution in [3.63, 3.8) is 0 Å². The van der Waals surface area contributed by atoms with Gasteiger partial charge < -0.3 is 10.6 Å². The second-order valence-corrected chi connectivity index (χ2v) is 3.65. The maximum absolute atomic E-state index is 11.7. The van der Waals surface area contributed by atoms with Crippen LogP contribution < -0.4 is 5.73 Å². The van der Waals surface area contributed by atoms with Gasteiger partial charge in [-0.3, -0.25) is 4.79 Å². The Bertz CT molecular complexity index is 194. The Morgan fingerprint density at radius 1 is 1.54 bits per heavy atom. The normalized spacial score (nSPS) is 12.2. The maximum Gasteiger partial charge on any atom is 0.225 e. The summed E-state index contributed by atoms with van der Waals surface area (Å²) in [6, 6.07) is 0. The second-order valence-electron chi connectivity index (χ2n) is 3.13. The number of hydrogen-bond donors (Lipinski definition) is 1. The van der Waals surface area contributed by atoms with Crippen molar-refractivity contribution in [2.75, 3.05) is 13.1 Å². The molecule has 3 nitrogen and oxygen atoms in total. The van der Waals surface area contributed by atoms with Gasteiger partial charge in [0, 0.05) is 12.5 Å². The van der Waals surface area contributed by atoms with Crippen molar-refractivity contribution in [3.8, 4) is 0 Å². The van der Waals surface area contributed by atoms with Crippen LogP contribution in [0.4, 0.5) is 0 Å². The van der Waals surface area contributed by atoms with Gasteiger partial charge in [0.1, 0.15) is 0 Å². The van der Waals surface area contributed by atoms with Gasteiger partial charge in [-0.2, -0.15) is 0 Å². The fourth-order valence-corrected chi connectivity index (χ4v) is 1.18. The van der Waals surface area contributed by atoms with E-state index in [1.807, 2.05) is 20.8 Å². The topological polar surface area (TPSA) is 46.3 Å². The standard InChI is InChI=1S/C9H18N2OS/c1-4-7(3)9(12)11(5-2)6-8(10)13/h7H,4-6H2,1-3H3,(H2,10,13). The Labute approximate surface area is 85.3 Å². The van der Waals surface area contributed by atoms with Gasteiger partial charge in [-0.1, -0.05) is 26.1 Å².